The van der Waals surface area contributed by atoms with Crippen LogP contribution >= 0.6 is 0 Å². The highest BCUT2D eigenvalue weighted by atomic mass is 16.1. The first-order valence-corrected chi connectivity index (χ1v) is 4.62. The Kier molecular flexibility index (Phi) is 1.95. The summed E-state index contributed by atoms with van der Waals surface area (Å²) in [6.07, 6.45) is 5.28. The number of carbonyl (C=O) groups is 1. The third kappa shape index (κ3) is 1.45. The minimum absolute atomic E-state index is 0.474. The van der Waals surface area contributed by atoms with Crippen LogP contribution in [0.3, 0.4) is 0 Å². The molecule has 0 bridgehead atoms. The van der Waals surface area contributed by atoms with Crippen LogP contribution < -0.4 is 0 Å². The van der Waals surface area contributed by atoms with Crippen molar-refractivity contribution < 1.29 is 4.79 Å². The van der Waals surface area contributed by atoms with Gasteiger partial charge in [-0.3, -0.25) is 4.79 Å². The van der Waals surface area contributed by atoms with Gasteiger partial charge in [-0.25, -0.2) is 0 Å². The molecule has 1 heterocycles. The van der Waals surface area contributed by atoms with E-state index in [1.54, 1.807) is 0 Å². The van der Waals surface area contributed by atoms with Crippen molar-refractivity contribution in [1.29, 1.82) is 0 Å². The van der Waals surface area contributed by atoms with Crippen molar-refractivity contribution in [3.63, 3.8) is 0 Å². The van der Waals surface area contributed by atoms with Gasteiger partial charge in [0.25, 0.3) is 0 Å². The molecule has 0 atom stereocenters. The van der Waals surface area contributed by atoms with Gasteiger partial charge in [0, 0.05) is 18.9 Å². The molecule has 1 saturated heterocycles. The Morgan fingerprint density at radius 1 is 1.18 bits per heavy atom. The van der Waals surface area contributed by atoms with E-state index in [9.17, 15) is 4.79 Å². The van der Waals surface area contributed by atoms with Crippen molar-refractivity contribution in [3.05, 3.63) is 0 Å². The summed E-state index contributed by atoms with van der Waals surface area (Å²) in [6, 6.07) is 0.751. The van der Waals surface area contributed by atoms with Crippen LogP contribution in [0.5, 0.6) is 0 Å². The fourth-order valence-electron chi connectivity index (χ4n) is 2.00. The minimum atomic E-state index is 0.474. The molecule has 0 radical (unpaired) electrons. The molecule has 1 aliphatic carbocycles. The number of ketones is 1. The van der Waals surface area contributed by atoms with Crippen molar-refractivity contribution in [1.82, 2.24) is 4.90 Å². The zero-order chi connectivity index (χ0) is 7.68. The summed E-state index contributed by atoms with van der Waals surface area (Å²) in [7, 11) is 0. The summed E-state index contributed by atoms with van der Waals surface area (Å²) >= 11 is 0. The average Bonchev–Trinajstić information content (AvgIpc) is 1.90. The lowest BCUT2D eigenvalue weighted by molar-refractivity contribution is -0.121. The van der Waals surface area contributed by atoms with E-state index >= 15 is 0 Å². The Hall–Kier alpha value is -0.370. The molecular weight excluding hydrogens is 138 g/mol. The standard InChI is InChI=1S/C9H15NO/c11-9-4-2-8(3-5-9)10-6-1-7-10/h8H,1-7H2. The number of hydrogen-bond donors (Lipinski definition) is 0. The Morgan fingerprint density at radius 2 is 1.82 bits per heavy atom. The van der Waals surface area contributed by atoms with E-state index in [0.717, 1.165) is 31.7 Å². The number of nitrogens with zero attached hydrogens (tertiary/aromatic N) is 1. The van der Waals surface area contributed by atoms with Crippen LogP contribution in [-0.2, 0) is 4.79 Å². The van der Waals surface area contributed by atoms with Gasteiger partial charge < -0.3 is 4.90 Å². The van der Waals surface area contributed by atoms with E-state index in [2.05, 4.69) is 4.90 Å². The Bertz CT molecular complexity index is 153. The Labute approximate surface area is 67.6 Å². The number of rotatable bonds is 1. The van der Waals surface area contributed by atoms with Gasteiger partial charge in [0.2, 0.25) is 0 Å². The van der Waals surface area contributed by atoms with Crippen LogP contribution in [-0.4, -0.2) is 29.8 Å². The Morgan fingerprint density at radius 3 is 2.27 bits per heavy atom. The van der Waals surface area contributed by atoms with Crippen LogP contribution in [0.25, 0.3) is 0 Å². The van der Waals surface area contributed by atoms with Crippen LogP contribution in [0.1, 0.15) is 32.1 Å². The molecule has 0 N–H and O–H groups in total. The van der Waals surface area contributed by atoms with Crippen molar-refractivity contribution in [2.75, 3.05) is 13.1 Å². The Balaban J connectivity index is 1.82. The molecule has 11 heavy (non-hydrogen) atoms. The van der Waals surface area contributed by atoms with Gasteiger partial charge in [0.1, 0.15) is 5.78 Å². The molecule has 1 saturated carbocycles. The van der Waals surface area contributed by atoms with E-state index in [1.807, 2.05) is 0 Å². The monoisotopic (exact) mass is 153 g/mol. The second-order valence-electron chi connectivity index (χ2n) is 3.66. The second kappa shape index (κ2) is 2.94. The van der Waals surface area contributed by atoms with E-state index in [1.165, 1.54) is 19.5 Å². The van der Waals surface area contributed by atoms with Crippen molar-refractivity contribution in [2.45, 2.75) is 38.1 Å². The fraction of sp³-hybridized carbons (Fsp3) is 0.889. The lowest BCUT2D eigenvalue weighted by Gasteiger charge is -2.40. The third-order valence-corrected chi connectivity index (χ3v) is 2.92. The molecule has 0 unspecified atom stereocenters. The molecule has 2 fully saturated rings. The topological polar surface area (TPSA) is 20.3 Å². The summed E-state index contributed by atoms with van der Waals surface area (Å²) < 4.78 is 0. The second-order valence-corrected chi connectivity index (χ2v) is 3.66. The van der Waals surface area contributed by atoms with Crippen LogP contribution in [0, 0.1) is 0 Å². The number of Topliss-reactive ketones (excluding diaryl/α,β-unsaturated/α-hetero) is 1. The highest BCUT2D eigenvalue weighted by molar-refractivity contribution is 5.79. The zero-order valence-corrected chi connectivity index (χ0v) is 6.88. The van der Waals surface area contributed by atoms with Crippen LogP contribution in [0.4, 0.5) is 0 Å². The molecule has 2 aliphatic rings. The number of carbonyl (C=O) groups excluding carboxylic acids is 1. The highest BCUT2D eigenvalue weighted by Gasteiger charge is 2.27. The SMILES string of the molecule is O=C1CCC(N2CCC2)CC1. The molecule has 0 spiro atoms. The number of hydrogen-bond acceptors (Lipinski definition) is 2. The van der Waals surface area contributed by atoms with E-state index in [-0.39, 0.29) is 0 Å². The molecule has 0 aromatic rings. The lowest BCUT2D eigenvalue weighted by Crippen LogP contribution is -2.46. The predicted molar refractivity (Wildman–Crippen MR) is 43.5 cm³/mol. The molecule has 0 aromatic carbocycles. The van der Waals surface area contributed by atoms with E-state index < -0.39 is 0 Å². The molecule has 2 heteroatoms. The molecule has 0 amide bonds. The smallest absolute Gasteiger partial charge is 0.133 e. The summed E-state index contributed by atoms with van der Waals surface area (Å²) in [5.74, 6) is 0.474. The molecular formula is C9H15NO. The average molecular weight is 153 g/mol. The third-order valence-electron chi connectivity index (χ3n) is 2.92. The van der Waals surface area contributed by atoms with E-state index in [4.69, 9.17) is 0 Å². The molecule has 0 aromatic heterocycles. The molecule has 2 nitrogen and oxygen atoms in total. The van der Waals surface area contributed by atoms with Crippen molar-refractivity contribution in [2.24, 2.45) is 0 Å². The molecule has 1 aliphatic heterocycles. The normalized spacial score (nSPS) is 28.5. The highest BCUT2D eigenvalue weighted by Crippen LogP contribution is 2.23. The van der Waals surface area contributed by atoms with E-state index in [0.29, 0.717) is 5.78 Å². The van der Waals surface area contributed by atoms with Gasteiger partial charge in [-0.2, -0.15) is 0 Å². The molecule has 62 valence electrons. The van der Waals surface area contributed by atoms with Crippen molar-refractivity contribution in [3.8, 4) is 0 Å². The largest absolute Gasteiger partial charge is 0.300 e. The number of likely N-dealkylation sites (tertiary alicyclic amines) is 1. The van der Waals surface area contributed by atoms with Gasteiger partial charge in [0.05, 0.1) is 0 Å². The van der Waals surface area contributed by atoms with Crippen LogP contribution in [0.15, 0.2) is 0 Å². The lowest BCUT2D eigenvalue weighted by atomic mass is 9.91. The fourth-order valence-corrected chi connectivity index (χ4v) is 2.00. The van der Waals surface area contributed by atoms with Gasteiger partial charge >= 0.3 is 0 Å². The van der Waals surface area contributed by atoms with Crippen molar-refractivity contribution >= 4 is 5.78 Å². The predicted octanol–water partition coefficient (Wildman–Crippen LogP) is 1.20. The first kappa shape index (κ1) is 7.29. The van der Waals surface area contributed by atoms with Gasteiger partial charge in [-0.15, -0.1) is 0 Å². The van der Waals surface area contributed by atoms with Gasteiger partial charge in [-0.05, 0) is 32.4 Å². The molecule has 2 rings (SSSR count). The quantitative estimate of drug-likeness (QED) is 0.564. The summed E-state index contributed by atoms with van der Waals surface area (Å²) in [6.45, 7) is 2.55. The maximum absolute atomic E-state index is 10.9. The van der Waals surface area contributed by atoms with Crippen LogP contribution in [0.2, 0.25) is 0 Å². The first-order valence-electron chi connectivity index (χ1n) is 4.62. The van der Waals surface area contributed by atoms with Gasteiger partial charge in [-0.1, -0.05) is 0 Å². The maximum Gasteiger partial charge on any atom is 0.133 e. The summed E-state index contributed by atoms with van der Waals surface area (Å²) in [5, 5.41) is 0. The zero-order valence-electron chi connectivity index (χ0n) is 6.88. The van der Waals surface area contributed by atoms with Gasteiger partial charge in [0.15, 0.2) is 0 Å². The summed E-state index contributed by atoms with van der Waals surface area (Å²) in [4.78, 5) is 13.4. The minimum Gasteiger partial charge on any atom is -0.300 e. The summed E-state index contributed by atoms with van der Waals surface area (Å²) in [5.41, 5.74) is 0. The maximum atomic E-state index is 10.9. The first-order chi connectivity index (χ1) is 5.36.